The minimum absolute atomic E-state index is 0.270. The van der Waals surface area contributed by atoms with Gasteiger partial charge in [-0.25, -0.2) is 0 Å². The normalized spacial score (nSPS) is 9.00. The van der Waals surface area contributed by atoms with Gasteiger partial charge in [0.1, 0.15) is 5.78 Å². The molecule has 0 fully saturated rings. The molecule has 1 rings (SSSR count). The molecular formula is C14H23NO. The van der Waals surface area contributed by atoms with Gasteiger partial charge in [-0.05, 0) is 25.5 Å². The Morgan fingerprint density at radius 3 is 2.25 bits per heavy atom. The Hall–Kier alpha value is -1.31. The first-order valence-corrected chi connectivity index (χ1v) is 5.96. The van der Waals surface area contributed by atoms with Crippen LogP contribution in [0, 0.1) is 0 Å². The van der Waals surface area contributed by atoms with Crippen molar-refractivity contribution in [1.82, 2.24) is 0 Å². The summed E-state index contributed by atoms with van der Waals surface area (Å²) in [4.78, 5) is 12.9. The highest BCUT2D eigenvalue weighted by Crippen LogP contribution is 2.11. The number of ketones is 1. The number of nitrogens with zero attached hydrogens (tertiary/aromatic N) is 1. The topological polar surface area (TPSA) is 20.3 Å². The van der Waals surface area contributed by atoms with Crippen LogP contribution in [0.25, 0.3) is 0 Å². The van der Waals surface area contributed by atoms with E-state index in [-0.39, 0.29) is 5.78 Å². The lowest BCUT2D eigenvalue weighted by Crippen LogP contribution is -2.18. The zero-order chi connectivity index (χ0) is 12.4. The summed E-state index contributed by atoms with van der Waals surface area (Å²) in [5.74, 6) is 0.270. The minimum atomic E-state index is 0.270. The molecule has 16 heavy (non-hydrogen) atoms. The molecule has 0 unspecified atom stereocenters. The second kappa shape index (κ2) is 8.96. The van der Waals surface area contributed by atoms with Gasteiger partial charge in [0.2, 0.25) is 0 Å². The van der Waals surface area contributed by atoms with E-state index in [1.54, 1.807) is 6.92 Å². The Kier molecular flexibility index (Phi) is 8.22. The summed E-state index contributed by atoms with van der Waals surface area (Å²) < 4.78 is 0. The molecule has 0 aromatic heterocycles. The van der Waals surface area contributed by atoms with Crippen LogP contribution in [-0.4, -0.2) is 19.4 Å². The molecule has 0 N–H and O–H groups in total. The Labute approximate surface area is 99.3 Å². The summed E-state index contributed by atoms with van der Waals surface area (Å²) in [5, 5.41) is 0. The monoisotopic (exact) mass is 221 g/mol. The third kappa shape index (κ3) is 6.23. The van der Waals surface area contributed by atoms with Crippen molar-refractivity contribution in [2.45, 2.75) is 33.6 Å². The maximum Gasteiger partial charge on any atom is 0.129 e. The molecule has 1 aromatic rings. The van der Waals surface area contributed by atoms with Gasteiger partial charge in [-0.2, -0.15) is 0 Å². The molecular weight excluding hydrogens is 198 g/mol. The fourth-order valence-corrected chi connectivity index (χ4v) is 1.38. The third-order valence-corrected chi connectivity index (χ3v) is 2.22. The Balaban J connectivity index is 0.00000106. The van der Waals surface area contributed by atoms with Crippen molar-refractivity contribution in [2.24, 2.45) is 0 Å². The van der Waals surface area contributed by atoms with Crippen LogP contribution in [0.4, 0.5) is 5.69 Å². The van der Waals surface area contributed by atoms with Crippen LogP contribution in [0.2, 0.25) is 0 Å². The molecule has 0 amide bonds. The maximum absolute atomic E-state index is 10.7. The number of carbonyl (C=O) groups is 1. The first-order chi connectivity index (χ1) is 7.70. The van der Waals surface area contributed by atoms with Gasteiger partial charge in [-0.15, -0.1) is 0 Å². The van der Waals surface area contributed by atoms with E-state index in [1.807, 2.05) is 32.0 Å². The molecule has 0 aliphatic heterocycles. The van der Waals surface area contributed by atoms with E-state index in [1.165, 1.54) is 5.69 Å². The molecule has 90 valence electrons. The summed E-state index contributed by atoms with van der Waals surface area (Å²) >= 11 is 0. The molecule has 0 heterocycles. The highest BCUT2D eigenvalue weighted by atomic mass is 16.1. The first-order valence-electron chi connectivity index (χ1n) is 5.96. The van der Waals surface area contributed by atoms with Gasteiger partial charge in [0.15, 0.2) is 0 Å². The summed E-state index contributed by atoms with van der Waals surface area (Å²) in [7, 11) is 2.05. The van der Waals surface area contributed by atoms with E-state index in [0.717, 1.165) is 13.0 Å². The fourth-order valence-electron chi connectivity index (χ4n) is 1.38. The van der Waals surface area contributed by atoms with Crippen molar-refractivity contribution in [3.63, 3.8) is 0 Å². The largest absolute Gasteiger partial charge is 0.375 e. The van der Waals surface area contributed by atoms with E-state index in [2.05, 4.69) is 24.1 Å². The molecule has 0 aliphatic carbocycles. The molecule has 0 spiro atoms. The van der Waals surface area contributed by atoms with Gasteiger partial charge in [0.25, 0.3) is 0 Å². The zero-order valence-electron chi connectivity index (χ0n) is 10.9. The third-order valence-electron chi connectivity index (χ3n) is 2.22. The van der Waals surface area contributed by atoms with E-state index >= 15 is 0 Å². The van der Waals surface area contributed by atoms with Crippen LogP contribution >= 0.6 is 0 Å². The van der Waals surface area contributed by atoms with E-state index in [0.29, 0.717) is 6.42 Å². The van der Waals surface area contributed by atoms with E-state index in [4.69, 9.17) is 0 Å². The van der Waals surface area contributed by atoms with Gasteiger partial charge < -0.3 is 9.69 Å². The highest BCUT2D eigenvalue weighted by molar-refractivity contribution is 5.75. The number of benzene rings is 1. The van der Waals surface area contributed by atoms with Crippen molar-refractivity contribution < 1.29 is 4.79 Å². The van der Waals surface area contributed by atoms with Gasteiger partial charge >= 0.3 is 0 Å². The molecule has 2 heteroatoms. The summed E-state index contributed by atoms with van der Waals surface area (Å²) in [5.41, 5.74) is 1.20. The highest BCUT2D eigenvalue weighted by Gasteiger charge is 2.00. The summed E-state index contributed by atoms with van der Waals surface area (Å²) in [6, 6.07) is 10.2. The van der Waals surface area contributed by atoms with Gasteiger partial charge in [-0.1, -0.05) is 32.0 Å². The fraction of sp³-hybridized carbons (Fsp3) is 0.500. The Morgan fingerprint density at radius 1 is 1.19 bits per heavy atom. The van der Waals surface area contributed by atoms with E-state index < -0.39 is 0 Å². The standard InChI is InChI=1S/C12H17NO.C2H6/c1-11(14)7-6-10-13(2)12-8-4-3-5-9-12;1-2/h3-5,8-9H,6-7,10H2,1-2H3;1-2H3. The van der Waals surface area contributed by atoms with Crippen molar-refractivity contribution in [2.75, 3.05) is 18.5 Å². The molecule has 0 saturated carbocycles. The average molecular weight is 221 g/mol. The molecule has 0 atom stereocenters. The molecule has 0 bridgehead atoms. The number of anilines is 1. The number of carbonyl (C=O) groups excluding carboxylic acids is 1. The second-order valence-corrected chi connectivity index (χ2v) is 3.56. The van der Waals surface area contributed by atoms with E-state index in [9.17, 15) is 4.79 Å². The maximum atomic E-state index is 10.7. The van der Waals surface area contributed by atoms with Crippen LogP contribution in [-0.2, 0) is 4.79 Å². The SMILES string of the molecule is CC.CC(=O)CCCN(C)c1ccccc1. The molecule has 0 aliphatic rings. The number of rotatable bonds is 5. The van der Waals surface area contributed by atoms with Gasteiger partial charge in [-0.3, -0.25) is 0 Å². The average Bonchev–Trinajstić information content (AvgIpc) is 2.32. The molecule has 2 nitrogen and oxygen atoms in total. The molecule has 0 radical (unpaired) electrons. The predicted octanol–water partition coefficient (Wildman–Crippen LogP) is 3.52. The van der Waals surface area contributed by atoms with Crippen LogP contribution < -0.4 is 4.90 Å². The number of hydrogen-bond acceptors (Lipinski definition) is 2. The van der Waals surface area contributed by atoms with Gasteiger partial charge in [0, 0.05) is 25.7 Å². The first kappa shape index (κ1) is 14.7. The molecule has 1 aromatic carbocycles. The lowest BCUT2D eigenvalue weighted by atomic mass is 10.2. The van der Waals surface area contributed by atoms with Crippen molar-refractivity contribution in [3.05, 3.63) is 30.3 Å². The lowest BCUT2D eigenvalue weighted by Gasteiger charge is -2.18. The van der Waals surface area contributed by atoms with Crippen LogP contribution in [0.15, 0.2) is 30.3 Å². The minimum Gasteiger partial charge on any atom is -0.375 e. The van der Waals surface area contributed by atoms with Crippen LogP contribution in [0.1, 0.15) is 33.6 Å². The predicted molar refractivity (Wildman–Crippen MR) is 71.0 cm³/mol. The number of para-hydroxylation sites is 1. The van der Waals surface area contributed by atoms with Gasteiger partial charge in [0.05, 0.1) is 0 Å². The Morgan fingerprint density at radius 2 is 1.75 bits per heavy atom. The van der Waals surface area contributed by atoms with Crippen molar-refractivity contribution in [3.8, 4) is 0 Å². The molecule has 0 saturated heterocycles. The summed E-state index contributed by atoms with van der Waals surface area (Å²) in [6.45, 7) is 6.58. The second-order valence-electron chi connectivity index (χ2n) is 3.56. The van der Waals surface area contributed by atoms with Crippen LogP contribution in [0.5, 0.6) is 0 Å². The quantitative estimate of drug-likeness (QED) is 0.758. The number of hydrogen-bond donors (Lipinski definition) is 0. The lowest BCUT2D eigenvalue weighted by molar-refractivity contribution is -0.117. The summed E-state index contributed by atoms with van der Waals surface area (Å²) in [6.07, 6.45) is 1.61. The smallest absolute Gasteiger partial charge is 0.129 e. The Bertz CT molecular complexity index is 282. The number of Topliss-reactive ketones (excluding diaryl/α,β-unsaturated/α-hetero) is 1. The zero-order valence-corrected chi connectivity index (χ0v) is 10.9. The van der Waals surface area contributed by atoms with Crippen LogP contribution in [0.3, 0.4) is 0 Å². The van der Waals surface area contributed by atoms with Crippen molar-refractivity contribution in [1.29, 1.82) is 0 Å². The van der Waals surface area contributed by atoms with Crippen molar-refractivity contribution >= 4 is 11.5 Å².